The number of fused-ring (bicyclic) bond motifs is 2. The second-order valence-corrected chi connectivity index (χ2v) is 13.5. The quantitative estimate of drug-likeness (QED) is 0.117. The zero-order valence-electron chi connectivity index (χ0n) is 31.3. The van der Waals surface area contributed by atoms with Gasteiger partial charge in [-0.2, -0.15) is 12.1 Å². The minimum absolute atomic E-state index is 0. The summed E-state index contributed by atoms with van der Waals surface area (Å²) < 4.78 is 0. The second-order valence-electron chi connectivity index (χ2n) is 13.5. The van der Waals surface area contributed by atoms with Gasteiger partial charge in [0.2, 0.25) is 0 Å². The van der Waals surface area contributed by atoms with Crippen LogP contribution < -0.4 is 0 Å². The van der Waals surface area contributed by atoms with Crippen LogP contribution in [0.25, 0.3) is 43.8 Å². The zero-order chi connectivity index (χ0) is 32.7. The average molecular weight is 787 g/mol. The first kappa shape index (κ1) is 46.8. The normalized spacial score (nSPS) is 11.6. The van der Waals surface area contributed by atoms with Crippen LogP contribution in [0.5, 0.6) is 0 Å². The van der Waals surface area contributed by atoms with E-state index in [0.717, 1.165) is 0 Å². The first-order valence-electron chi connectivity index (χ1n) is 16.4. The molecule has 6 aromatic rings. The molecule has 0 aromatic heterocycles. The van der Waals surface area contributed by atoms with Gasteiger partial charge in [-0.1, -0.05) is 134 Å². The topological polar surface area (TPSA) is 0 Å². The van der Waals surface area contributed by atoms with Gasteiger partial charge in [0.15, 0.2) is 0 Å². The first-order chi connectivity index (χ1) is 21.6. The van der Waals surface area contributed by atoms with Crippen molar-refractivity contribution in [3.05, 3.63) is 146 Å². The molecule has 0 bridgehead atoms. The molecule has 0 spiro atoms. The fourth-order valence-corrected chi connectivity index (χ4v) is 6.04. The Morgan fingerprint density at radius 3 is 1.55 bits per heavy atom. The number of aryl methyl sites for hydroxylation is 1. The summed E-state index contributed by atoms with van der Waals surface area (Å²) in [4.78, 5) is 0. The van der Waals surface area contributed by atoms with Crippen LogP contribution in [-0.4, -0.2) is 6.88 Å². The Labute approximate surface area is 328 Å². The van der Waals surface area contributed by atoms with Gasteiger partial charge in [0.1, 0.15) is 0 Å². The van der Waals surface area contributed by atoms with Gasteiger partial charge in [-0.3, -0.25) is 0 Å². The molecular weight excluding hydrogens is 731 g/mol. The third-order valence-electron chi connectivity index (χ3n) is 9.31. The summed E-state index contributed by atoms with van der Waals surface area (Å²) in [5.41, 5.74) is 11.1. The molecule has 0 aliphatic heterocycles. The summed E-state index contributed by atoms with van der Waals surface area (Å²) in [6.07, 6.45) is 2.38. The molecule has 0 fully saturated rings. The first-order valence-corrected chi connectivity index (χ1v) is 20.6. The summed E-state index contributed by atoms with van der Waals surface area (Å²) in [5.74, 6) is 1.26. The van der Waals surface area contributed by atoms with Crippen molar-refractivity contribution in [1.82, 2.24) is 0 Å². The third-order valence-corrected chi connectivity index (χ3v) is 9.31. The molecule has 0 nitrogen and oxygen atoms in total. The Kier molecular flexibility index (Phi) is 20.3. The second kappa shape index (κ2) is 21.2. The maximum absolute atomic E-state index is 3.06. The molecule has 0 N–H and O–H groups in total. The molecule has 0 aliphatic carbocycles. The molecule has 6 rings (SSSR count). The molecule has 262 valence electrons. The van der Waals surface area contributed by atoms with Crippen LogP contribution in [0, 0.1) is 21.8 Å². The molecule has 0 heterocycles. The van der Waals surface area contributed by atoms with Crippen molar-refractivity contribution in [1.29, 1.82) is 0 Å². The van der Waals surface area contributed by atoms with Crippen LogP contribution in [0.4, 0.5) is 0 Å². The van der Waals surface area contributed by atoms with E-state index in [1.807, 2.05) is 0 Å². The van der Waals surface area contributed by atoms with E-state index in [-0.39, 0.29) is 45.1 Å². The van der Waals surface area contributed by atoms with Crippen molar-refractivity contribution in [3.8, 4) is 22.3 Å². The Balaban J connectivity index is 0.000000836. The van der Waals surface area contributed by atoms with Crippen molar-refractivity contribution in [2.75, 3.05) is 0 Å². The molecule has 4 heteroatoms. The molecule has 49 heavy (non-hydrogen) atoms. The summed E-state index contributed by atoms with van der Waals surface area (Å²) in [5, 5.41) is 5.44. The Morgan fingerprint density at radius 2 is 1.08 bits per heavy atom. The summed E-state index contributed by atoms with van der Waals surface area (Å²) in [6, 6.07) is 40.7. The van der Waals surface area contributed by atoms with Gasteiger partial charge in [0.25, 0.3) is 0 Å². The van der Waals surface area contributed by atoms with E-state index in [1.165, 1.54) is 102 Å². The monoisotopic (exact) mass is 784 g/mol. The van der Waals surface area contributed by atoms with Crippen molar-refractivity contribution < 1.29 is 23.3 Å². The minimum atomic E-state index is 0. The number of hydrogen-bond donors (Lipinski definition) is 0. The number of hydrogen-bond acceptors (Lipinski definition) is 0. The van der Waals surface area contributed by atoms with Crippen LogP contribution in [0.1, 0.15) is 95.4 Å². The van der Waals surface area contributed by atoms with Crippen LogP contribution >= 0.6 is 24.8 Å². The number of rotatable bonds is 6. The Bertz CT molecular complexity index is 1820. The fourth-order valence-electron chi connectivity index (χ4n) is 6.04. The molecule has 2 unspecified atom stereocenters. The van der Waals surface area contributed by atoms with Crippen LogP contribution in [-0.2, 0) is 28.8 Å². The third kappa shape index (κ3) is 11.4. The van der Waals surface area contributed by atoms with Gasteiger partial charge in [0.05, 0.1) is 0 Å². The SMILES string of the molecule is CCC(C)c1cc2c(-c3ccc(C(C)(C)C)cc3)cccc2[cH-]1.CCC(C)c1ccc(-c2cccc3[cH-]c(C)cc23)cc1.Cl.Cl.[CH3-].[CH3-].[Si]=[Zr]. The summed E-state index contributed by atoms with van der Waals surface area (Å²) >= 11 is 1.36. The van der Waals surface area contributed by atoms with Crippen molar-refractivity contribution >= 4 is 53.2 Å². The van der Waals surface area contributed by atoms with Gasteiger partial charge in [0, 0.05) is 0 Å². The molecule has 2 atom stereocenters. The van der Waals surface area contributed by atoms with Crippen LogP contribution in [0.2, 0.25) is 0 Å². The Morgan fingerprint density at radius 1 is 0.633 bits per heavy atom. The number of halogens is 2. The van der Waals surface area contributed by atoms with Gasteiger partial charge >= 0.3 is 30.2 Å². The summed E-state index contributed by atoms with van der Waals surface area (Å²) in [6.45, 7) is 21.1. The molecule has 6 aromatic carbocycles. The van der Waals surface area contributed by atoms with Crippen molar-refractivity contribution in [2.24, 2.45) is 0 Å². The standard InChI is InChI=1S/C23H27.C20H21.2CH3.2ClH.Si.Zr/c1-6-16(2)19-14-18-8-7-9-21(22(18)15-19)17-10-12-20(13-11-17)23(3,4)5;1-4-15(3)16-8-10-17(11-9-16)19-7-5-6-18-12-14(2)13-20(18)19;;;;;;/h7-16H,6H2,1-5H3;5-13,15H,4H2,1-3H3;2*1H3;2*1H;;/q4*-1;;;;. The fraction of sp³-hybridized carbons (Fsp3) is 0.289. The van der Waals surface area contributed by atoms with E-state index in [9.17, 15) is 0 Å². The molecule has 2 radical (unpaired) electrons. The van der Waals surface area contributed by atoms with Gasteiger partial charge < -0.3 is 14.9 Å². The van der Waals surface area contributed by atoms with E-state index < -0.39 is 0 Å². The predicted octanol–water partition coefficient (Wildman–Crippen LogP) is 14.4. The predicted molar refractivity (Wildman–Crippen MR) is 224 cm³/mol. The van der Waals surface area contributed by atoms with E-state index in [0.29, 0.717) is 11.8 Å². The van der Waals surface area contributed by atoms with Crippen molar-refractivity contribution in [2.45, 2.75) is 85.5 Å². The average Bonchev–Trinajstić information content (AvgIpc) is 3.68. The van der Waals surface area contributed by atoms with Crippen molar-refractivity contribution in [3.63, 3.8) is 0 Å². The molecule has 0 saturated carbocycles. The Hall–Kier alpha value is -2.22. The van der Waals surface area contributed by atoms with Crippen LogP contribution in [0.15, 0.2) is 109 Å². The van der Waals surface area contributed by atoms with Crippen LogP contribution in [0.3, 0.4) is 0 Å². The van der Waals surface area contributed by atoms with E-state index in [4.69, 9.17) is 0 Å². The zero-order valence-corrected chi connectivity index (χ0v) is 36.4. The number of benzene rings is 4. The summed E-state index contributed by atoms with van der Waals surface area (Å²) in [7, 11) is 0. The molecule has 0 amide bonds. The van der Waals surface area contributed by atoms with E-state index >= 15 is 0 Å². The van der Waals surface area contributed by atoms with E-state index in [2.05, 4.69) is 171 Å². The van der Waals surface area contributed by atoms with E-state index in [1.54, 1.807) is 0 Å². The molecule has 0 saturated heterocycles. The van der Waals surface area contributed by atoms with Gasteiger partial charge in [-0.15, -0.1) is 93.9 Å². The van der Waals surface area contributed by atoms with Gasteiger partial charge in [-0.05, 0) is 45.9 Å². The molecule has 0 aliphatic rings. The maximum atomic E-state index is 3.06. The molecular formula is C45H56Cl2SiZr-4. The van der Waals surface area contributed by atoms with Gasteiger partial charge in [-0.25, -0.2) is 0 Å².